The molecule has 0 aliphatic heterocycles. The maximum Gasteiger partial charge on any atom is 0.407 e. The number of esters is 2. The summed E-state index contributed by atoms with van der Waals surface area (Å²) in [6.07, 6.45) is 0.781. The monoisotopic (exact) mass is 359 g/mol. The van der Waals surface area contributed by atoms with E-state index in [1.54, 1.807) is 41.5 Å². The van der Waals surface area contributed by atoms with E-state index in [0.29, 0.717) is 6.42 Å². The van der Waals surface area contributed by atoms with E-state index in [1.807, 2.05) is 6.92 Å². The Morgan fingerprint density at radius 3 is 1.80 bits per heavy atom. The van der Waals surface area contributed by atoms with Gasteiger partial charge in [0, 0.05) is 12.0 Å². The summed E-state index contributed by atoms with van der Waals surface area (Å²) in [5.74, 6) is -2.86. The van der Waals surface area contributed by atoms with Crippen molar-refractivity contribution in [3.8, 4) is 0 Å². The minimum Gasteiger partial charge on any atom is -0.465 e. The molecule has 0 aromatic heterocycles. The van der Waals surface area contributed by atoms with Gasteiger partial charge in [-0.15, -0.1) is 0 Å². The SMILES string of the molecule is CCCC(NC(=O)OC(C)(C)C)C(C)C(C(=O)OCC)C(=O)OCC. The topological polar surface area (TPSA) is 90.9 Å². The van der Waals surface area contributed by atoms with Crippen molar-refractivity contribution < 1.29 is 28.6 Å². The highest BCUT2D eigenvalue weighted by Crippen LogP contribution is 2.23. The van der Waals surface area contributed by atoms with Gasteiger partial charge in [0.2, 0.25) is 0 Å². The van der Waals surface area contributed by atoms with Crippen LogP contribution in [0.2, 0.25) is 0 Å². The minimum absolute atomic E-state index is 0.166. The van der Waals surface area contributed by atoms with Crippen LogP contribution in [0.25, 0.3) is 0 Å². The van der Waals surface area contributed by atoms with Crippen LogP contribution < -0.4 is 5.32 Å². The maximum absolute atomic E-state index is 12.3. The molecule has 0 aromatic rings. The zero-order valence-corrected chi connectivity index (χ0v) is 16.5. The quantitative estimate of drug-likeness (QED) is 0.386. The van der Waals surface area contributed by atoms with Gasteiger partial charge < -0.3 is 19.5 Å². The average molecular weight is 359 g/mol. The summed E-state index contributed by atoms with van der Waals surface area (Å²) in [5.41, 5.74) is -0.633. The molecular formula is C18H33NO6. The number of hydrogen-bond donors (Lipinski definition) is 1. The third kappa shape index (κ3) is 8.74. The van der Waals surface area contributed by atoms with Crippen LogP contribution in [0.3, 0.4) is 0 Å². The molecule has 146 valence electrons. The lowest BCUT2D eigenvalue weighted by Gasteiger charge is -2.30. The largest absolute Gasteiger partial charge is 0.465 e. The first kappa shape index (κ1) is 23.2. The molecule has 0 rings (SSSR count). The van der Waals surface area contributed by atoms with E-state index >= 15 is 0 Å². The van der Waals surface area contributed by atoms with Crippen LogP contribution in [0.5, 0.6) is 0 Å². The lowest BCUT2D eigenvalue weighted by Crippen LogP contribution is -2.47. The van der Waals surface area contributed by atoms with Crippen LogP contribution in [-0.4, -0.2) is 42.9 Å². The molecule has 7 nitrogen and oxygen atoms in total. The Kier molecular flexibility index (Phi) is 10.2. The fourth-order valence-corrected chi connectivity index (χ4v) is 2.46. The molecule has 0 saturated heterocycles. The summed E-state index contributed by atoms with van der Waals surface area (Å²) < 4.78 is 15.3. The standard InChI is InChI=1S/C18H33NO6/c1-8-11-13(19-17(22)25-18(5,6)7)12(4)14(15(20)23-9-2)16(21)24-10-3/h12-14H,8-11H2,1-7H3,(H,19,22). The van der Waals surface area contributed by atoms with E-state index in [-0.39, 0.29) is 13.2 Å². The molecular weight excluding hydrogens is 326 g/mol. The Hall–Kier alpha value is -1.79. The smallest absolute Gasteiger partial charge is 0.407 e. The second-order valence-electron chi connectivity index (χ2n) is 6.88. The number of hydrogen-bond acceptors (Lipinski definition) is 6. The average Bonchev–Trinajstić information content (AvgIpc) is 2.45. The fraction of sp³-hybridized carbons (Fsp3) is 0.833. The van der Waals surface area contributed by atoms with Gasteiger partial charge in [-0.25, -0.2) is 4.79 Å². The third-order valence-corrected chi connectivity index (χ3v) is 3.54. The molecule has 1 amide bonds. The van der Waals surface area contributed by atoms with Crippen molar-refractivity contribution in [3.05, 3.63) is 0 Å². The van der Waals surface area contributed by atoms with Crippen LogP contribution in [0.1, 0.15) is 61.3 Å². The molecule has 0 aromatic carbocycles. The molecule has 25 heavy (non-hydrogen) atoms. The van der Waals surface area contributed by atoms with E-state index in [2.05, 4.69) is 5.32 Å². The molecule has 0 aliphatic carbocycles. The molecule has 0 aliphatic rings. The summed E-state index contributed by atoms with van der Waals surface area (Å²) in [6.45, 7) is 12.7. The van der Waals surface area contributed by atoms with Gasteiger partial charge >= 0.3 is 18.0 Å². The summed E-state index contributed by atoms with van der Waals surface area (Å²) >= 11 is 0. The third-order valence-electron chi connectivity index (χ3n) is 3.54. The highest BCUT2D eigenvalue weighted by atomic mass is 16.6. The highest BCUT2D eigenvalue weighted by Gasteiger charge is 2.39. The van der Waals surface area contributed by atoms with Gasteiger partial charge in [-0.1, -0.05) is 20.3 Å². The van der Waals surface area contributed by atoms with E-state index in [0.717, 1.165) is 6.42 Å². The van der Waals surface area contributed by atoms with E-state index in [4.69, 9.17) is 14.2 Å². The molecule has 0 bridgehead atoms. The summed E-state index contributed by atoms with van der Waals surface area (Å²) in [5, 5.41) is 2.77. The number of carbonyl (C=O) groups is 3. The van der Waals surface area contributed by atoms with Crippen LogP contribution in [-0.2, 0) is 23.8 Å². The number of alkyl carbamates (subject to hydrolysis) is 1. The first-order valence-electron chi connectivity index (χ1n) is 8.90. The maximum atomic E-state index is 12.3. The van der Waals surface area contributed by atoms with Crippen LogP contribution in [0.15, 0.2) is 0 Å². The van der Waals surface area contributed by atoms with Gasteiger partial charge in [0.15, 0.2) is 5.92 Å². The molecule has 2 atom stereocenters. The second-order valence-corrected chi connectivity index (χ2v) is 6.88. The molecule has 2 unspecified atom stereocenters. The van der Waals surface area contributed by atoms with Crippen molar-refractivity contribution in [2.24, 2.45) is 11.8 Å². The van der Waals surface area contributed by atoms with Crippen molar-refractivity contribution in [1.82, 2.24) is 5.32 Å². The van der Waals surface area contributed by atoms with Crippen LogP contribution in [0, 0.1) is 11.8 Å². The Balaban J connectivity index is 5.31. The van der Waals surface area contributed by atoms with E-state index < -0.39 is 41.5 Å². The highest BCUT2D eigenvalue weighted by molar-refractivity contribution is 5.95. The molecule has 1 N–H and O–H groups in total. The summed E-state index contributed by atoms with van der Waals surface area (Å²) in [4.78, 5) is 36.6. The number of nitrogens with one attached hydrogen (secondary N) is 1. The predicted molar refractivity (Wildman–Crippen MR) is 94.0 cm³/mol. The number of carbonyl (C=O) groups excluding carboxylic acids is 3. The van der Waals surface area contributed by atoms with E-state index in [9.17, 15) is 14.4 Å². The number of ether oxygens (including phenoxy) is 3. The fourth-order valence-electron chi connectivity index (χ4n) is 2.46. The zero-order chi connectivity index (χ0) is 19.6. The molecule has 0 spiro atoms. The van der Waals surface area contributed by atoms with Gasteiger partial charge in [-0.05, 0) is 41.0 Å². The van der Waals surface area contributed by atoms with Crippen molar-refractivity contribution in [3.63, 3.8) is 0 Å². The van der Waals surface area contributed by atoms with Crippen molar-refractivity contribution in [2.75, 3.05) is 13.2 Å². The lowest BCUT2D eigenvalue weighted by atomic mass is 9.85. The van der Waals surface area contributed by atoms with Crippen LogP contribution >= 0.6 is 0 Å². The Morgan fingerprint density at radius 2 is 1.44 bits per heavy atom. The molecule has 0 saturated carbocycles. The summed E-state index contributed by atoms with van der Waals surface area (Å²) in [6, 6.07) is -0.418. The first-order chi connectivity index (χ1) is 11.6. The molecule has 0 fully saturated rings. The Bertz CT molecular complexity index is 425. The normalized spacial score (nSPS) is 13.8. The number of rotatable bonds is 9. The molecule has 7 heteroatoms. The minimum atomic E-state index is -1.09. The Labute approximate surface area is 150 Å². The van der Waals surface area contributed by atoms with Gasteiger partial charge in [-0.2, -0.15) is 0 Å². The van der Waals surface area contributed by atoms with Crippen molar-refractivity contribution in [1.29, 1.82) is 0 Å². The predicted octanol–water partition coefficient (Wildman–Crippen LogP) is 3.06. The molecule has 0 radical (unpaired) electrons. The second kappa shape index (κ2) is 10.9. The zero-order valence-electron chi connectivity index (χ0n) is 16.5. The molecule has 0 heterocycles. The lowest BCUT2D eigenvalue weighted by molar-refractivity contribution is -0.164. The Morgan fingerprint density at radius 1 is 0.960 bits per heavy atom. The van der Waals surface area contributed by atoms with Gasteiger partial charge in [-0.3, -0.25) is 9.59 Å². The van der Waals surface area contributed by atoms with Gasteiger partial charge in [0.05, 0.1) is 13.2 Å². The van der Waals surface area contributed by atoms with Crippen molar-refractivity contribution >= 4 is 18.0 Å². The van der Waals surface area contributed by atoms with Gasteiger partial charge in [0.1, 0.15) is 5.60 Å². The first-order valence-corrected chi connectivity index (χ1v) is 8.90. The van der Waals surface area contributed by atoms with Gasteiger partial charge in [0.25, 0.3) is 0 Å². The van der Waals surface area contributed by atoms with Crippen molar-refractivity contribution in [2.45, 2.75) is 73.0 Å². The summed E-state index contributed by atoms with van der Waals surface area (Å²) in [7, 11) is 0. The van der Waals surface area contributed by atoms with Crippen LogP contribution in [0.4, 0.5) is 4.79 Å². The van der Waals surface area contributed by atoms with E-state index in [1.165, 1.54) is 0 Å². The number of amides is 1.